The van der Waals surface area contributed by atoms with E-state index >= 15 is 0 Å². The molecule has 1 aromatic heterocycles. The van der Waals surface area contributed by atoms with E-state index in [2.05, 4.69) is 10.1 Å². The number of aryl methyl sites for hydroxylation is 1. The van der Waals surface area contributed by atoms with Gasteiger partial charge in [0.15, 0.2) is 5.78 Å². The van der Waals surface area contributed by atoms with Crippen LogP contribution in [0.4, 0.5) is 5.69 Å². The number of Topliss-reactive ketones (excluding diaryl/α,β-unsaturated/α-hetero) is 1. The first-order valence-electron chi connectivity index (χ1n) is 7.02. The second-order valence-electron chi connectivity index (χ2n) is 5.19. The molecule has 5 nitrogen and oxygen atoms in total. The van der Waals surface area contributed by atoms with Crippen molar-refractivity contribution in [2.24, 2.45) is 7.05 Å². The second-order valence-corrected chi connectivity index (χ2v) is 5.19. The van der Waals surface area contributed by atoms with Crippen LogP contribution in [0, 0.1) is 13.8 Å². The summed E-state index contributed by atoms with van der Waals surface area (Å²) in [6.45, 7) is 4.12. The molecule has 0 aliphatic rings. The van der Waals surface area contributed by atoms with Gasteiger partial charge in [0, 0.05) is 29.7 Å². The van der Waals surface area contributed by atoms with Gasteiger partial charge in [-0.3, -0.25) is 4.79 Å². The van der Waals surface area contributed by atoms with E-state index in [0.29, 0.717) is 5.56 Å². The van der Waals surface area contributed by atoms with Crippen LogP contribution in [0.1, 0.15) is 32.1 Å². The van der Waals surface area contributed by atoms with Crippen molar-refractivity contribution in [3.8, 4) is 0 Å². The van der Waals surface area contributed by atoms with Crippen LogP contribution >= 0.6 is 0 Å². The zero-order valence-electron chi connectivity index (χ0n) is 13.3. The molecule has 0 saturated carbocycles. The number of ketones is 1. The number of rotatable bonds is 5. The third kappa shape index (κ3) is 3.19. The molecule has 0 bridgehead atoms. The van der Waals surface area contributed by atoms with E-state index in [1.54, 1.807) is 24.3 Å². The topological polar surface area (TPSA) is 60.3 Å². The van der Waals surface area contributed by atoms with Crippen molar-refractivity contribution in [2.45, 2.75) is 13.8 Å². The summed E-state index contributed by atoms with van der Waals surface area (Å²) in [7, 11) is 3.29. The average Bonchev–Trinajstić information content (AvgIpc) is 2.80. The Kier molecular flexibility index (Phi) is 4.65. The Bertz CT molecular complexity index is 699. The predicted molar refractivity (Wildman–Crippen MR) is 85.5 cm³/mol. The lowest BCUT2D eigenvalue weighted by molar-refractivity contribution is 0.0600. The number of carbonyl (C=O) groups excluding carboxylic acids is 2. The Balaban J connectivity index is 2.02. The Morgan fingerprint density at radius 2 is 1.82 bits per heavy atom. The molecule has 0 aliphatic carbocycles. The van der Waals surface area contributed by atoms with E-state index in [4.69, 9.17) is 0 Å². The molecule has 0 radical (unpaired) electrons. The molecule has 0 aliphatic heterocycles. The van der Waals surface area contributed by atoms with Gasteiger partial charge in [-0.25, -0.2) is 4.79 Å². The van der Waals surface area contributed by atoms with Crippen molar-refractivity contribution in [3.05, 3.63) is 52.8 Å². The summed E-state index contributed by atoms with van der Waals surface area (Å²) in [5, 5.41) is 3.07. The number of aromatic nitrogens is 1. The molecule has 22 heavy (non-hydrogen) atoms. The maximum absolute atomic E-state index is 12.3. The molecule has 116 valence electrons. The van der Waals surface area contributed by atoms with Crippen LogP contribution < -0.4 is 5.32 Å². The number of hydrogen-bond acceptors (Lipinski definition) is 4. The van der Waals surface area contributed by atoms with Crippen molar-refractivity contribution >= 4 is 17.4 Å². The van der Waals surface area contributed by atoms with Gasteiger partial charge in [-0.05, 0) is 44.2 Å². The standard InChI is InChI=1S/C17H20N2O3/c1-11-9-15(12(2)19(11)3)16(20)10-18-14-7-5-13(6-8-14)17(21)22-4/h5-9,18H,10H2,1-4H3. The van der Waals surface area contributed by atoms with E-state index in [0.717, 1.165) is 22.6 Å². The smallest absolute Gasteiger partial charge is 0.337 e. The molecular weight excluding hydrogens is 280 g/mol. The minimum Gasteiger partial charge on any atom is -0.465 e. The summed E-state index contributed by atoms with van der Waals surface area (Å²) in [6, 6.07) is 8.73. The number of anilines is 1. The van der Waals surface area contributed by atoms with Crippen molar-refractivity contribution in [3.63, 3.8) is 0 Å². The minimum absolute atomic E-state index is 0.0400. The maximum Gasteiger partial charge on any atom is 0.337 e. The van der Waals surface area contributed by atoms with Crippen LogP contribution in [0.25, 0.3) is 0 Å². The summed E-state index contributed by atoms with van der Waals surface area (Å²) >= 11 is 0. The molecule has 0 spiro atoms. The van der Waals surface area contributed by atoms with Gasteiger partial charge in [-0.2, -0.15) is 0 Å². The fourth-order valence-electron chi connectivity index (χ4n) is 2.26. The molecule has 0 unspecified atom stereocenters. The largest absolute Gasteiger partial charge is 0.465 e. The fraction of sp³-hybridized carbons (Fsp3) is 0.294. The van der Waals surface area contributed by atoms with Gasteiger partial charge in [0.2, 0.25) is 0 Å². The molecule has 5 heteroatoms. The predicted octanol–water partition coefficient (Wildman–Crippen LogP) is 2.72. The minimum atomic E-state index is -0.377. The number of hydrogen-bond donors (Lipinski definition) is 1. The van der Waals surface area contributed by atoms with E-state index in [1.165, 1.54) is 7.11 Å². The number of benzene rings is 1. The molecule has 0 amide bonds. The van der Waals surface area contributed by atoms with Crippen LogP contribution in [-0.4, -0.2) is 30.0 Å². The summed E-state index contributed by atoms with van der Waals surface area (Å²) in [6.07, 6.45) is 0. The molecule has 0 fully saturated rings. The molecule has 1 aromatic carbocycles. The zero-order valence-corrected chi connectivity index (χ0v) is 13.3. The van der Waals surface area contributed by atoms with Gasteiger partial charge >= 0.3 is 5.97 Å². The number of esters is 1. The van der Waals surface area contributed by atoms with Gasteiger partial charge in [0.1, 0.15) is 0 Å². The van der Waals surface area contributed by atoms with Crippen molar-refractivity contribution in [1.82, 2.24) is 4.57 Å². The van der Waals surface area contributed by atoms with Crippen LogP contribution in [0.3, 0.4) is 0 Å². The summed E-state index contributed by atoms with van der Waals surface area (Å²) in [4.78, 5) is 23.6. The second kappa shape index (κ2) is 6.47. The van der Waals surface area contributed by atoms with Crippen molar-refractivity contribution < 1.29 is 14.3 Å². The lowest BCUT2D eigenvalue weighted by atomic mass is 10.1. The van der Waals surface area contributed by atoms with Gasteiger partial charge in [0.25, 0.3) is 0 Å². The summed E-state index contributed by atoms with van der Waals surface area (Å²) in [5.41, 5.74) is 4.02. The third-order valence-corrected chi connectivity index (χ3v) is 3.83. The van der Waals surface area contributed by atoms with Gasteiger partial charge in [-0.15, -0.1) is 0 Å². The Morgan fingerprint density at radius 3 is 2.32 bits per heavy atom. The Hall–Kier alpha value is -2.56. The SMILES string of the molecule is COC(=O)c1ccc(NCC(=O)c2cc(C)n(C)c2C)cc1. The zero-order chi connectivity index (χ0) is 16.3. The number of carbonyl (C=O) groups is 2. The van der Waals surface area contributed by atoms with Crippen LogP contribution in [0.5, 0.6) is 0 Å². The van der Waals surface area contributed by atoms with Crippen molar-refractivity contribution in [1.29, 1.82) is 0 Å². The fourth-order valence-corrected chi connectivity index (χ4v) is 2.26. The highest BCUT2D eigenvalue weighted by Crippen LogP contribution is 2.15. The highest BCUT2D eigenvalue weighted by Gasteiger charge is 2.13. The number of nitrogens with one attached hydrogen (secondary N) is 1. The molecule has 1 heterocycles. The third-order valence-electron chi connectivity index (χ3n) is 3.83. The first-order valence-corrected chi connectivity index (χ1v) is 7.02. The lowest BCUT2D eigenvalue weighted by Crippen LogP contribution is -2.15. The van der Waals surface area contributed by atoms with E-state index in [1.807, 2.05) is 31.5 Å². The van der Waals surface area contributed by atoms with Crippen LogP contribution in [0.15, 0.2) is 30.3 Å². The molecule has 2 aromatic rings. The molecule has 1 N–H and O–H groups in total. The number of ether oxygens (including phenoxy) is 1. The Labute approximate surface area is 129 Å². The van der Waals surface area contributed by atoms with E-state index < -0.39 is 0 Å². The summed E-state index contributed by atoms with van der Waals surface area (Å²) in [5.74, 6) is -0.337. The first kappa shape index (κ1) is 15.8. The van der Waals surface area contributed by atoms with Gasteiger partial charge in [0.05, 0.1) is 19.2 Å². The normalized spacial score (nSPS) is 10.4. The highest BCUT2D eigenvalue weighted by molar-refractivity contribution is 6.00. The van der Waals surface area contributed by atoms with Crippen LogP contribution in [-0.2, 0) is 11.8 Å². The van der Waals surface area contributed by atoms with Crippen molar-refractivity contribution in [2.75, 3.05) is 19.0 Å². The van der Waals surface area contributed by atoms with E-state index in [9.17, 15) is 9.59 Å². The lowest BCUT2D eigenvalue weighted by Gasteiger charge is -2.07. The van der Waals surface area contributed by atoms with Gasteiger partial charge < -0.3 is 14.6 Å². The maximum atomic E-state index is 12.3. The first-order chi connectivity index (χ1) is 10.4. The molecule has 0 atom stereocenters. The van der Waals surface area contributed by atoms with E-state index in [-0.39, 0.29) is 18.3 Å². The average molecular weight is 300 g/mol. The number of nitrogens with zero attached hydrogens (tertiary/aromatic N) is 1. The monoisotopic (exact) mass is 300 g/mol. The van der Waals surface area contributed by atoms with Gasteiger partial charge in [-0.1, -0.05) is 0 Å². The van der Waals surface area contributed by atoms with Crippen LogP contribution in [0.2, 0.25) is 0 Å². The molecular formula is C17H20N2O3. The molecule has 0 saturated heterocycles. The quantitative estimate of drug-likeness (QED) is 0.681. The molecule has 2 rings (SSSR count). The Morgan fingerprint density at radius 1 is 1.18 bits per heavy atom. The highest BCUT2D eigenvalue weighted by atomic mass is 16.5. The summed E-state index contributed by atoms with van der Waals surface area (Å²) < 4.78 is 6.64. The number of methoxy groups -OCH3 is 1.